The molecule has 0 radical (unpaired) electrons. The number of nitrogens with zero attached hydrogens (tertiary/aromatic N) is 2. The first kappa shape index (κ1) is 30.8. The zero-order valence-corrected chi connectivity index (χ0v) is 27.1. The Bertz CT molecular complexity index is 1880. The lowest BCUT2D eigenvalue weighted by Crippen LogP contribution is -2.40. The summed E-state index contributed by atoms with van der Waals surface area (Å²) >= 11 is 11.2. The Morgan fingerprint density at radius 1 is 1.09 bits per heavy atom. The molecule has 222 valence electrons. The highest BCUT2D eigenvalue weighted by molar-refractivity contribution is 9.10. The third-order valence-corrected chi connectivity index (χ3v) is 8.77. The number of para-hydroxylation sites is 1. The van der Waals surface area contributed by atoms with Crippen molar-refractivity contribution in [3.63, 3.8) is 0 Å². The van der Waals surface area contributed by atoms with Gasteiger partial charge in [0.05, 0.1) is 29.5 Å². The number of carbonyl (C=O) groups is 1. The van der Waals surface area contributed by atoms with Gasteiger partial charge in [-0.05, 0) is 49.8 Å². The molecule has 0 spiro atoms. The van der Waals surface area contributed by atoms with Gasteiger partial charge in [-0.25, -0.2) is 9.79 Å². The molecule has 1 aliphatic heterocycles. The van der Waals surface area contributed by atoms with Gasteiger partial charge in [-0.15, -0.1) is 0 Å². The van der Waals surface area contributed by atoms with Gasteiger partial charge in [-0.3, -0.25) is 9.36 Å². The molecule has 10 heteroatoms. The predicted molar refractivity (Wildman–Crippen MR) is 173 cm³/mol. The van der Waals surface area contributed by atoms with Crippen LogP contribution < -0.4 is 24.4 Å². The van der Waals surface area contributed by atoms with Crippen LogP contribution in [-0.2, 0) is 16.1 Å². The summed E-state index contributed by atoms with van der Waals surface area (Å²) in [6.45, 7) is 4.25. The number of carbonyl (C=O) groups excluding carboxylic acids is 1. The molecule has 1 atom stereocenters. The molecular formula is C33H30BrClN2O5S. The largest absolute Gasteiger partial charge is 0.496 e. The Morgan fingerprint density at radius 3 is 2.60 bits per heavy atom. The van der Waals surface area contributed by atoms with E-state index in [0.717, 1.165) is 22.0 Å². The molecule has 4 aromatic rings. The van der Waals surface area contributed by atoms with E-state index in [4.69, 9.17) is 30.8 Å². The summed E-state index contributed by atoms with van der Waals surface area (Å²) in [5, 5.41) is 0.622. The van der Waals surface area contributed by atoms with Crippen molar-refractivity contribution in [3.05, 3.63) is 124 Å². The van der Waals surface area contributed by atoms with Crippen molar-refractivity contribution >= 4 is 50.9 Å². The first-order valence-electron chi connectivity index (χ1n) is 13.9. The fourth-order valence-corrected chi connectivity index (χ4v) is 6.56. The minimum atomic E-state index is -0.793. The summed E-state index contributed by atoms with van der Waals surface area (Å²) in [4.78, 5) is 33.0. The minimum Gasteiger partial charge on any atom is -0.496 e. The van der Waals surface area contributed by atoms with Crippen LogP contribution >= 0.6 is 38.9 Å². The third kappa shape index (κ3) is 6.49. The Labute approximate surface area is 266 Å². The number of methoxy groups -OCH3 is 1. The molecule has 1 aliphatic rings. The SMILES string of the molecule is CCCC1=C(C(=O)OCC)[C@@H](c2cc(Br)ccc2OC)n2c(s/c(=C/c3ccccc3OCc3ccccc3Cl)c2=O)=N1. The molecule has 0 N–H and O–H groups in total. The molecule has 2 heterocycles. The van der Waals surface area contributed by atoms with Gasteiger partial charge in [-0.2, -0.15) is 0 Å². The van der Waals surface area contributed by atoms with Crippen LogP contribution in [-0.4, -0.2) is 24.3 Å². The van der Waals surface area contributed by atoms with Gasteiger partial charge in [-0.1, -0.05) is 88.6 Å². The van der Waals surface area contributed by atoms with Crippen molar-refractivity contribution in [2.75, 3.05) is 13.7 Å². The predicted octanol–water partition coefficient (Wildman–Crippen LogP) is 6.58. The van der Waals surface area contributed by atoms with E-state index in [1.807, 2.05) is 73.7 Å². The third-order valence-electron chi connectivity index (χ3n) is 6.93. The van der Waals surface area contributed by atoms with Crippen molar-refractivity contribution < 1.29 is 19.0 Å². The van der Waals surface area contributed by atoms with Crippen molar-refractivity contribution in [3.8, 4) is 11.5 Å². The molecule has 0 saturated heterocycles. The topological polar surface area (TPSA) is 79.1 Å². The smallest absolute Gasteiger partial charge is 0.338 e. The number of ether oxygens (including phenoxy) is 3. The molecule has 3 aromatic carbocycles. The summed E-state index contributed by atoms with van der Waals surface area (Å²) in [6, 6.07) is 19.8. The van der Waals surface area contributed by atoms with Crippen molar-refractivity contribution in [2.24, 2.45) is 4.99 Å². The summed E-state index contributed by atoms with van der Waals surface area (Å²) in [6.07, 6.45) is 3.11. The number of thiazole rings is 1. The second-order valence-corrected chi connectivity index (χ2v) is 12.0. The molecular weight excluding hydrogens is 652 g/mol. The molecule has 5 rings (SSSR count). The standard InChI is InChI=1S/C33H30BrClN2O5S/c1-4-10-25-29(32(39)41-5-2)30(23-18-22(34)15-16-27(23)40-3)37-31(38)28(43-33(37)36-25)17-20-11-7-9-14-26(20)42-19-21-12-6-8-13-24(21)35/h6-9,11-18,30H,4-5,10,19H2,1-3H3/b28-17+/t30-/m1/s1. The molecule has 0 amide bonds. The second kappa shape index (κ2) is 13.8. The monoisotopic (exact) mass is 680 g/mol. The van der Waals surface area contributed by atoms with Gasteiger partial charge in [0, 0.05) is 26.2 Å². The number of esters is 1. The lowest BCUT2D eigenvalue weighted by Gasteiger charge is -2.27. The maximum Gasteiger partial charge on any atom is 0.338 e. The highest BCUT2D eigenvalue weighted by atomic mass is 79.9. The van der Waals surface area contributed by atoms with Crippen molar-refractivity contribution in [2.45, 2.75) is 39.3 Å². The number of benzene rings is 3. The van der Waals surface area contributed by atoms with E-state index in [0.29, 0.717) is 49.1 Å². The fraction of sp³-hybridized carbons (Fsp3) is 0.242. The molecule has 0 saturated carbocycles. The van der Waals surface area contributed by atoms with E-state index in [1.165, 1.54) is 11.3 Å². The first-order valence-corrected chi connectivity index (χ1v) is 15.9. The van der Waals surface area contributed by atoms with Gasteiger partial charge >= 0.3 is 5.97 Å². The Morgan fingerprint density at radius 2 is 1.86 bits per heavy atom. The average Bonchev–Trinajstić information content (AvgIpc) is 3.31. The van der Waals surface area contributed by atoms with E-state index in [9.17, 15) is 9.59 Å². The van der Waals surface area contributed by atoms with Crippen LogP contribution in [0.1, 0.15) is 49.4 Å². The quantitative estimate of drug-likeness (QED) is 0.177. The summed E-state index contributed by atoms with van der Waals surface area (Å²) < 4.78 is 20.2. The van der Waals surface area contributed by atoms with Crippen LogP contribution in [0.15, 0.2) is 92.3 Å². The molecule has 1 aromatic heterocycles. The van der Waals surface area contributed by atoms with E-state index < -0.39 is 12.0 Å². The van der Waals surface area contributed by atoms with Crippen molar-refractivity contribution in [1.82, 2.24) is 4.57 Å². The molecule has 7 nitrogen and oxygen atoms in total. The van der Waals surface area contributed by atoms with Crippen molar-refractivity contribution in [1.29, 1.82) is 0 Å². The van der Waals surface area contributed by atoms with Crippen LogP contribution in [0.3, 0.4) is 0 Å². The van der Waals surface area contributed by atoms with E-state index in [-0.39, 0.29) is 18.8 Å². The lowest BCUT2D eigenvalue weighted by atomic mass is 9.93. The number of rotatable bonds is 10. The zero-order chi connectivity index (χ0) is 30.5. The van der Waals surface area contributed by atoms with Gasteiger partial charge < -0.3 is 14.2 Å². The number of allylic oxidation sites excluding steroid dienone is 1. The molecule has 0 aliphatic carbocycles. The zero-order valence-electron chi connectivity index (χ0n) is 23.9. The number of hydrogen-bond acceptors (Lipinski definition) is 7. The molecule has 43 heavy (non-hydrogen) atoms. The summed E-state index contributed by atoms with van der Waals surface area (Å²) in [7, 11) is 1.57. The van der Waals surface area contributed by atoms with Gasteiger partial charge in [0.15, 0.2) is 4.80 Å². The van der Waals surface area contributed by atoms with Crippen LogP contribution in [0.5, 0.6) is 11.5 Å². The van der Waals surface area contributed by atoms with E-state index >= 15 is 0 Å². The molecule has 0 fully saturated rings. The maximum atomic E-state index is 14.2. The van der Waals surface area contributed by atoms with E-state index in [1.54, 1.807) is 24.7 Å². The highest BCUT2D eigenvalue weighted by Gasteiger charge is 2.36. The summed E-state index contributed by atoms with van der Waals surface area (Å²) in [5.74, 6) is 0.646. The number of aromatic nitrogens is 1. The fourth-order valence-electron chi connectivity index (χ4n) is 4.98. The van der Waals surface area contributed by atoms with Gasteiger partial charge in [0.25, 0.3) is 5.56 Å². The Kier molecular flexibility index (Phi) is 9.85. The van der Waals surface area contributed by atoms with Crippen LogP contribution in [0.25, 0.3) is 6.08 Å². The Hall–Kier alpha value is -3.66. The number of hydrogen-bond donors (Lipinski definition) is 0. The van der Waals surface area contributed by atoms with Gasteiger partial charge in [0.2, 0.25) is 0 Å². The lowest BCUT2D eigenvalue weighted by molar-refractivity contribution is -0.139. The van der Waals surface area contributed by atoms with Crippen LogP contribution in [0.2, 0.25) is 5.02 Å². The maximum absolute atomic E-state index is 14.2. The second-order valence-electron chi connectivity index (χ2n) is 9.72. The van der Waals surface area contributed by atoms with Gasteiger partial charge in [0.1, 0.15) is 24.1 Å². The first-order chi connectivity index (χ1) is 20.9. The van der Waals surface area contributed by atoms with E-state index in [2.05, 4.69) is 15.9 Å². The minimum absolute atomic E-state index is 0.194. The molecule has 0 bridgehead atoms. The normalized spacial score (nSPS) is 14.7. The highest BCUT2D eigenvalue weighted by Crippen LogP contribution is 2.38. The van der Waals surface area contributed by atoms with Crippen LogP contribution in [0.4, 0.5) is 0 Å². The Balaban J connectivity index is 1.68. The molecule has 0 unspecified atom stereocenters. The average molecular weight is 682 g/mol. The number of halogens is 2. The van der Waals surface area contributed by atoms with Crippen LogP contribution in [0, 0.1) is 0 Å². The number of fused-ring (bicyclic) bond motifs is 1. The summed E-state index contributed by atoms with van der Waals surface area (Å²) in [5.41, 5.74) is 2.89.